The predicted octanol–water partition coefficient (Wildman–Crippen LogP) is 3.43. The summed E-state index contributed by atoms with van der Waals surface area (Å²) in [6.45, 7) is 6.42. The van der Waals surface area contributed by atoms with Crippen molar-refractivity contribution >= 4 is 11.7 Å². The van der Waals surface area contributed by atoms with Gasteiger partial charge in [0.1, 0.15) is 11.6 Å². The van der Waals surface area contributed by atoms with Crippen LogP contribution in [0, 0.1) is 5.92 Å². The van der Waals surface area contributed by atoms with Gasteiger partial charge in [-0.3, -0.25) is 9.69 Å². The highest BCUT2D eigenvalue weighted by atomic mass is 16.5. The van der Waals surface area contributed by atoms with E-state index in [4.69, 9.17) is 4.74 Å². The summed E-state index contributed by atoms with van der Waals surface area (Å²) in [5.41, 5.74) is 1.24. The average molecular weight is 423 g/mol. The summed E-state index contributed by atoms with van der Waals surface area (Å²) in [6.07, 6.45) is 5.91. The van der Waals surface area contributed by atoms with Crippen LogP contribution in [-0.4, -0.2) is 67.1 Å². The number of piperidine rings is 1. The molecule has 1 atom stereocenters. The summed E-state index contributed by atoms with van der Waals surface area (Å²) >= 11 is 0. The number of aromatic nitrogens is 1. The third kappa shape index (κ3) is 5.76. The predicted molar refractivity (Wildman–Crippen MR) is 123 cm³/mol. The van der Waals surface area contributed by atoms with Gasteiger partial charge < -0.3 is 14.5 Å². The number of pyridine rings is 1. The number of hydrogen-bond acceptors (Lipinski definition) is 5. The molecule has 0 saturated carbocycles. The molecule has 2 aromatic rings. The van der Waals surface area contributed by atoms with Crippen molar-refractivity contribution in [2.45, 2.75) is 32.2 Å². The molecule has 0 N–H and O–H groups in total. The molecule has 4 rings (SSSR count). The van der Waals surface area contributed by atoms with E-state index in [0.29, 0.717) is 18.2 Å². The summed E-state index contributed by atoms with van der Waals surface area (Å²) in [5, 5.41) is 0. The van der Waals surface area contributed by atoms with Crippen molar-refractivity contribution in [2.75, 3.05) is 51.3 Å². The molecule has 2 aliphatic rings. The minimum absolute atomic E-state index is 0.308. The van der Waals surface area contributed by atoms with Crippen LogP contribution < -0.4 is 9.64 Å². The number of benzene rings is 1. The number of carbonyl (C=O) groups excluding carboxylic acids is 1. The van der Waals surface area contributed by atoms with Crippen molar-refractivity contribution in [1.29, 1.82) is 0 Å². The quantitative estimate of drug-likeness (QED) is 0.684. The molecule has 166 valence electrons. The molecule has 6 nitrogen and oxygen atoms in total. The van der Waals surface area contributed by atoms with Gasteiger partial charge in [0.15, 0.2) is 0 Å². The molecule has 1 aromatic heterocycles. The number of hydrogen-bond donors (Lipinski definition) is 0. The number of piperazine rings is 1. The van der Waals surface area contributed by atoms with E-state index in [1.807, 2.05) is 41.4 Å². The number of nitrogens with zero attached hydrogens (tertiary/aromatic N) is 4. The van der Waals surface area contributed by atoms with E-state index < -0.39 is 0 Å². The van der Waals surface area contributed by atoms with Crippen LogP contribution in [-0.2, 0) is 11.3 Å². The van der Waals surface area contributed by atoms with E-state index in [1.54, 1.807) is 7.11 Å². The van der Waals surface area contributed by atoms with Gasteiger partial charge in [0.2, 0.25) is 5.91 Å². The summed E-state index contributed by atoms with van der Waals surface area (Å²) < 4.78 is 5.51. The second-order valence-electron chi connectivity index (χ2n) is 8.65. The Labute approximate surface area is 185 Å². The first-order valence-corrected chi connectivity index (χ1v) is 11.5. The van der Waals surface area contributed by atoms with Crippen molar-refractivity contribution in [2.24, 2.45) is 5.92 Å². The average Bonchev–Trinajstić information content (AvgIpc) is 2.84. The van der Waals surface area contributed by atoms with E-state index >= 15 is 0 Å². The van der Waals surface area contributed by atoms with E-state index in [2.05, 4.69) is 26.9 Å². The molecule has 2 aliphatic heterocycles. The van der Waals surface area contributed by atoms with Crippen LogP contribution >= 0.6 is 0 Å². The summed E-state index contributed by atoms with van der Waals surface area (Å²) in [4.78, 5) is 24.0. The molecule has 0 bridgehead atoms. The number of carbonyl (C=O) groups is 1. The maximum atomic E-state index is 12.8. The molecular weight excluding hydrogens is 388 g/mol. The fraction of sp³-hybridized carbons (Fsp3) is 0.520. The van der Waals surface area contributed by atoms with Gasteiger partial charge in [-0.15, -0.1) is 0 Å². The van der Waals surface area contributed by atoms with E-state index in [1.165, 1.54) is 18.4 Å². The van der Waals surface area contributed by atoms with Gasteiger partial charge in [-0.1, -0.05) is 24.3 Å². The van der Waals surface area contributed by atoms with Gasteiger partial charge in [0, 0.05) is 57.4 Å². The molecule has 6 heteroatoms. The smallest absolute Gasteiger partial charge is 0.222 e. The van der Waals surface area contributed by atoms with Crippen molar-refractivity contribution in [1.82, 2.24) is 14.8 Å². The Morgan fingerprint density at radius 1 is 1.06 bits per heavy atom. The lowest BCUT2D eigenvalue weighted by Gasteiger charge is -2.36. The monoisotopic (exact) mass is 422 g/mol. The van der Waals surface area contributed by atoms with Crippen molar-refractivity contribution in [3.63, 3.8) is 0 Å². The Balaban J connectivity index is 1.21. The standard InChI is InChI=1S/C25H34N4O2/c1-31-23-9-3-2-8-22(23)20-27-14-6-7-21(19-27)11-12-25(30)29-17-15-28(16-18-29)24-10-4-5-13-26-24/h2-5,8-10,13,21H,6-7,11-12,14-20H2,1H3. The van der Waals surface area contributed by atoms with Crippen LogP contribution in [0.25, 0.3) is 0 Å². The molecule has 2 saturated heterocycles. The highest BCUT2D eigenvalue weighted by Crippen LogP contribution is 2.26. The Morgan fingerprint density at radius 2 is 1.87 bits per heavy atom. The molecule has 2 fully saturated rings. The maximum absolute atomic E-state index is 12.8. The van der Waals surface area contributed by atoms with Gasteiger partial charge in [-0.05, 0) is 49.9 Å². The van der Waals surface area contributed by atoms with Crippen molar-refractivity contribution in [3.8, 4) is 5.75 Å². The normalized spacial score (nSPS) is 20.0. The first-order chi connectivity index (χ1) is 15.2. The van der Waals surface area contributed by atoms with Crippen molar-refractivity contribution in [3.05, 3.63) is 54.2 Å². The lowest BCUT2D eigenvalue weighted by atomic mass is 9.92. The molecule has 0 radical (unpaired) electrons. The molecule has 31 heavy (non-hydrogen) atoms. The van der Waals surface area contributed by atoms with Gasteiger partial charge in [0.05, 0.1) is 7.11 Å². The number of para-hydroxylation sites is 1. The third-order valence-corrected chi connectivity index (χ3v) is 6.56. The lowest BCUT2D eigenvalue weighted by molar-refractivity contribution is -0.131. The maximum Gasteiger partial charge on any atom is 0.222 e. The van der Waals surface area contributed by atoms with Gasteiger partial charge in [-0.25, -0.2) is 4.98 Å². The second kappa shape index (κ2) is 10.6. The van der Waals surface area contributed by atoms with Crippen LogP contribution in [0.3, 0.4) is 0 Å². The Kier molecular flexibility index (Phi) is 7.41. The van der Waals surface area contributed by atoms with E-state index in [9.17, 15) is 4.79 Å². The van der Waals surface area contributed by atoms with E-state index in [0.717, 1.165) is 63.8 Å². The third-order valence-electron chi connectivity index (χ3n) is 6.56. The zero-order valence-corrected chi connectivity index (χ0v) is 18.6. The van der Waals surface area contributed by atoms with E-state index in [-0.39, 0.29) is 0 Å². The Bertz CT molecular complexity index is 836. The molecule has 3 heterocycles. The van der Waals surface area contributed by atoms with Crippen LogP contribution in [0.5, 0.6) is 5.75 Å². The van der Waals surface area contributed by atoms with Crippen LogP contribution in [0.2, 0.25) is 0 Å². The fourth-order valence-electron chi connectivity index (χ4n) is 4.82. The highest BCUT2D eigenvalue weighted by Gasteiger charge is 2.25. The fourth-order valence-corrected chi connectivity index (χ4v) is 4.82. The summed E-state index contributed by atoms with van der Waals surface area (Å²) in [6, 6.07) is 14.3. The summed E-state index contributed by atoms with van der Waals surface area (Å²) in [5.74, 6) is 2.88. The van der Waals surface area contributed by atoms with Crippen LogP contribution in [0.1, 0.15) is 31.2 Å². The first-order valence-electron chi connectivity index (χ1n) is 11.5. The number of methoxy groups -OCH3 is 1. The number of ether oxygens (including phenoxy) is 1. The summed E-state index contributed by atoms with van der Waals surface area (Å²) in [7, 11) is 1.74. The van der Waals surface area contributed by atoms with Gasteiger partial charge >= 0.3 is 0 Å². The zero-order chi connectivity index (χ0) is 21.5. The number of amides is 1. The SMILES string of the molecule is COc1ccccc1CN1CCCC(CCC(=O)N2CCN(c3ccccn3)CC2)C1. The van der Waals surface area contributed by atoms with Crippen molar-refractivity contribution < 1.29 is 9.53 Å². The highest BCUT2D eigenvalue weighted by molar-refractivity contribution is 5.76. The first kappa shape index (κ1) is 21.6. The largest absolute Gasteiger partial charge is 0.496 e. The second-order valence-corrected chi connectivity index (χ2v) is 8.65. The molecule has 0 aliphatic carbocycles. The zero-order valence-electron chi connectivity index (χ0n) is 18.6. The topological polar surface area (TPSA) is 48.9 Å². The Morgan fingerprint density at radius 3 is 2.65 bits per heavy atom. The molecular formula is C25H34N4O2. The minimum Gasteiger partial charge on any atom is -0.496 e. The minimum atomic E-state index is 0.308. The van der Waals surface area contributed by atoms with Gasteiger partial charge in [0.25, 0.3) is 0 Å². The molecule has 1 aromatic carbocycles. The Hall–Kier alpha value is -2.60. The number of rotatable bonds is 7. The molecule has 1 unspecified atom stereocenters. The lowest BCUT2D eigenvalue weighted by Crippen LogP contribution is -2.49. The van der Waals surface area contributed by atoms with Gasteiger partial charge in [-0.2, -0.15) is 0 Å². The van der Waals surface area contributed by atoms with Crippen LogP contribution in [0.15, 0.2) is 48.7 Å². The van der Waals surface area contributed by atoms with Crippen LogP contribution in [0.4, 0.5) is 5.82 Å². The molecule has 1 amide bonds. The molecule has 0 spiro atoms. The number of anilines is 1. The number of likely N-dealkylation sites (tertiary alicyclic amines) is 1.